The smallest absolute Gasteiger partial charge is 0.313 e. The second kappa shape index (κ2) is 5.57. The second-order valence-electron chi connectivity index (χ2n) is 5.61. The highest BCUT2D eigenvalue weighted by Crippen LogP contribution is 2.26. The summed E-state index contributed by atoms with van der Waals surface area (Å²) in [5.41, 5.74) is -0.0808. The number of hydrogen-bond donors (Lipinski definition) is 1. The molecule has 1 N–H and O–H groups in total. The molecule has 0 saturated heterocycles. The number of rotatable bonds is 7. The summed E-state index contributed by atoms with van der Waals surface area (Å²) in [5, 5.41) is 3.41. The van der Waals surface area contributed by atoms with Gasteiger partial charge in [0.05, 0.1) is 6.54 Å². The molecule has 0 amide bonds. The molecule has 17 heavy (non-hydrogen) atoms. The summed E-state index contributed by atoms with van der Waals surface area (Å²) in [4.78, 5) is 1.37. The van der Waals surface area contributed by atoms with E-state index in [-0.39, 0.29) is 5.41 Å². The van der Waals surface area contributed by atoms with Crippen molar-refractivity contribution in [2.75, 3.05) is 26.7 Å². The Morgan fingerprint density at radius 2 is 1.82 bits per heavy atom. The van der Waals surface area contributed by atoms with Crippen molar-refractivity contribution in [3.05, 3.63) is 0 Å². The summed E-state index contributed by atoms with van der Waals surface area (Å²) in [6.45, 7) is 4.54. The van der Waals surface area contributed by atoms with Crippen molar-refractivity contribution in [3.8, 4) is 0 Å². The molecule has 0 bridgehead atoms. The van der Waals surface area contributed by atoms with Crippen molar-refractivity contribution >= 4 is 0 Å². The average molecular weight is 252 g/mol. The second-order valence-corrected chi connectivity index (χ2v) is 5.61. The van der Waals surface area contributed by atoms with Gasteiger partial charge in [-0.1, -0.05) is 13.8 Å². The Bertz CT molecular complexity index is 238. The zero-order valence-corrected chi connectivity index (χ0v) is 10.9. The van der Waals surface area contributed by atoms with Gasteiger partial charge in [-0.25, -0.2) is 0 Å². The van der Waals surface area contributed by atoms with E-state index in [0.29, 0.717) is 12.6 Å². The van der Waals surface area contributed by atoms with Crippen molar-refractivity contribution in [2.45, 2.75) is 45.3 Å². The van der Waals surface area contributed by atoms with Gasteiger partial charge in [0.25, 0.3) is 0 Å². The van der Waals surface area contributed by atoms with Gasteiger partial charge < -0.3 is 5.32 Å². The third-order valence-corrected chi connectivity index (χ3v) is 3.35. The fourth-order valence-electron chi connectivity index (χ4n) is 1.98. The van der Waals surface area contributed by atoms with Crippen LogP contribution in [-0.4, -0.2) is 43.8 Å². The fourth-order valence-corrected chi connectivity index (χ4v) is 1.98. The van der Waals surface area contributed by atoms with Crippen LogP contribution >= 0.6 is 0 Å². The van der Waals surface area contributed by atoms with Gasteiger partial charge in [-0.2, -0.15) is 13.2 Å². The molecule has 102 valence electrons. The normalized spacial score (nSPS) is 20.6. The Hall–Kier alpha value is -0.290. The van der Waals surface area contributed by atoms with Gasteiger partial charge in [-0.05, 0) is 31.7 Å². The molecule has 0 heterocycles. The first-order valence-corrected chi connectivity index (χ1v) is 6.23. The molecule has 0 aromatic carbocycles. The van der Waals surface area contributed by atoms with Gasteiger partial charge in [0.15, 0.2) is 0 Å². The van der Waals surface area contributed by atoms with Crippen LogP contribution in [0, 0.1) is 5.41 Å². The van der Waals surface area contributed by atoms with Crippen LogP contribution in [0.25, 0.3) is 0 Å². The molecule has 0 spiro atoms. The highest BCUT2D eigenvalue weighted by molar-refractivity contribution is 4.86. The van der Waals surface area contributed by atoms with Crippen molar-refractivity contribution in [2.24, 2.45) is 5.41 Å². The maximum Gasteiger partial charge on any atom is 0.401 e. The Morgan fingerprint density at radius 1 is 1.24 bits per heavy atom. The van der Waals surface area contributed by atoms with Crippen LogP contribution in [0.5, 0.6) is 0 Å². The molecule has 0 aromatic heterocycles. The van der Waals surface area contributed by atoms with Crippen LogP contribution < -0.4 is 5.32 Å². The summed E-state index contributed by atoms with van der Waals surface area (Å²) in [6.07, 6.45) is -0.807. The third-order valence-electron chi connectivity index (χ3n) is 3.35. The summed E-state index contributed by atoms with van der Waals surface area (Å²) >= 11 is 0. The summed E-state index contributed by atoms with van der Waals surface area (Å²) in [5.74, 6) is 0. The Kier molecular flexibility index (Phi) is 4.84. The van der Waals surface area contributed by atoms with E-state index >= 15 is 0 Å². The van der Waals surface area contributed by atoms with Crippen LogP contribution in [0.1, 0.15) is 33.1 Å². The lowest BCUT2D eigenvalue weighted by Crippen LogP contribution is -2.43. The zero-order valence-electron chi connectivity index (χ0n) is 10.9. The Labute approximate surface area is 102 Å². The van der Waals surface area contributed by atoms with Crippen molar-refractivity contribution in [1.29, 1.82) is 0 Å². The van der Waals surface area contributed by atoms with E-state index in [2.05, 4.69) is 12.2 Å². The molecule has 1 saturated carbocycles. The minimum Gasteiger partial charge on any atom is -0.313 e. The van der Waals surface area contributed by atoms with Crippen LogP contribution in [0.15, 0.2) is 0 Å². The molecule has 0 radical (unpaired) electrons. The molecule has 0 aliphatic heterocycles. The molecular formula is C12H23F3N2. The van der Waals surface area contributed by atoms with Crippen LogP contribution in [-0.2, 0) is 0 Å². The first kappa shape index (κ1) is 14.8. The van der Waals surface area contributed by atoms with E-state index in [1.807, 2.05) is 6.92 Å². The SMILES string of the molecule is CCC(C)(CNC1CC1)CN(C)CC(F)(F)F. The van der Waals surface area contributed by atoms with E-state index in [0.717, 1.165) is 13.0 Å². The lowest BCUT2D eigenvalue weighted by molar-refractivity contribution is -0.145. The predicted octanol–water partition coefficient (Wildman–Crippen LogP) is 2.65. The minimum atomic E-state index is -4.10. The lowest BCUT2D eigenvalue weighted by atomic mass is 9.87. The van der Waals surface area contributed by atoms with E-state index in [1.54, 1.807) is 7.05 Å². The van der Waals surface area contributed by atoms with Gasteiger partial charge in [-0.3, -0.25) is 4.90 Å². The molecule has 1 aliphatic carbocycles. The van der Waals surface area contributed by atoms with E-state index in [9.17, 15) is 13.2 Å². The molecule has 0 aromatic rings. The highest BCUT2D eigenvalue weighted by atomic mass is 19.4. The number of alkyl halides is 3. The highest BCUT2D eigenvalue weighted by Gasteiger charge is 2.33. The van der Waals surface area contributed by atoms with E-state index in [1.165, 1.54) is 17.7 Å². The van der Waals surface area contributed by atoms with Gasteiger partial charge in [-0.15, -0.1) is 0 Å². The molecule has 1 atom stereocenters. The summed E-state index contributed by atoms with van der Waals surface area (Å²) in [7, 11) is 1.54. The largest absolute Gasteiger partial charge is 0.401 e. The zero-order chi connectivity index (χ0) is 13.1. The first-order valence-electron chi connectivity index (χ1n) is 6.23. The lowest BCUT2D eigenvalue weighted by Gasteiger charge is -2.33. The van der Waals surface area contributed by atoms with Gasteiger partial charge >= 0.3 is 6.18 Å². The Balaban J connectivity index is 2.36. The van der Waals surface area contributed by atoms with Crippen LogP contribution in [0.2, 0.25) is 0 Å². The molecule has 1 unspecified atom stereocenters. The number of nitrogens with one attached hydrogen (secondary N) is 1. The molecule has 1 aliphatic rings. The quantitative estimate of drug-likeness (QED) is 0.749. The minimum absolute atomic E-state index is 0.0808. The summed E-state index contributed by atoms with van der Waals surface area (Å²) < 4.78 is 36.8. The predicted molar refractivity (Wildman–Crippen MR) is 63.0 cm³/mol. The number of nitrogens with zero attached hydrogens (tertiary/aromatic N) is 1. The number of halogens is 3. The average Bonchev–Trinajstić information content (AvgIpc) is 2.95. The number of hydrogen-bond acceptors (Lipinski definition) is 2. The van der Waals surface area contributed by atoms with Crippen molar-refractivity contribution < 1.29 is 13.2 Å². The van der Waals surface area contributed by atoms with Gasteiger partial charge in [0.1, 0.15) is 0 Å². The molecule has 1 rings (SSSR count). The molecule has 2 nitrogen and oxygen atoms in total. The maximum atomic E-state index is 12.3. The standard InChI is InChI=1S/C12H23F3N2/c1-4-11(2,7-16-10-5-6-10)8-17(3)9-12(13,14)15/h10,16H,4-9H2,1-3H3. The third kappa shape index (κ3) is 6.27. The fraction of sp³-hybridized carbons (Fsp3) is 1.00. The van der Waals surface area contributed by atoms with E-state index in [4.69, 9.17) is 0 Å². The topological polar surface area (TPSA) is 15.3 Å². The summed E-state index contributed by atoms with van der Waals surface area (Å²) in [6, 6.07) is 0.605. The first-order chi connectivity index (χ1) is 7.74. The van der Waals surface area contributed by atoms with Gasteiger partial charge in [0, 0.05) is 19.1 Å². The molecular weight excluding hydrogens is 229 g/mol. The van der Waals surface area contributed by atoms with Crippen molar-refractivity contribution in [1.82, 2.24) is 10.2 Å². The van der Waals surface area contributed by atoms with Crippen LogP contribution in [0.4, 0.5) is 13.2 Å². The maximum absolute atomic E-state index is 12.3. The van der Waals surface area contributed by atoms with Crippen molar-refractivity contribution in [3.63, 3.8) is 0 Å². The van der Waals surface area contributed by atoms with Gasteiger partial charge in [0.2, 0.25) is 0 Å². The molecule has 1 fully saturated rings. The molecule has 5 heteroatoms. The Morgan fingerprint density at radius 3 is 2.24 bits per heavy atom. The van der Waals surface area contributed by atoms with Crippen LogP contribution in [0.3, 0.4) is 0 Å². The van der Waals surface area contributed by atoms with E-state index < -0.39 is 12.7 Å². The monoisotopic (exact) mass is 252 g/mol.